The van der Waals surface area contributed by atoms with E-state index >= 15 is 0 Å². The number of halogens is 2. The predicted octanol–water partition coefficient (Wildman–Crippen LogP) is 3.98. The van der Waals surface area contributed by atoms with E-state index in [2.05, 4.69) is 26.2 Å². The second kappa shape index (κ2) is 5.85. The van der Waals surface area contributed by atoms with Gasteiger partial charge in [-0.1, -0.05) is 12.2 Å². The lowest BCUT2D eigenvalue weighted by Gasteiger charge is -2.14. The van der Waals surface area contributed by atoms with E-state index in [0.29, 0.717) is 21.5 Å². The average Bonchev–Trinajstić information content (AvgIpc) is 2.32. The normalized spacial score (nSPS) is 10.4. The lowest BCUT2D eigenvalue weighted by Crippen LogP contribution is -2.15. The van der Waals surface area contributed by atoms with E-state index in [1.165, 1.54) is 6.07 Å². The van der Waals surface area contributed by atoms with E-state index in [1.807, 2.05) is 19.9 Å². The molecular formula is C14H13BrFN3S. The van der Waals surface area contributed by atoms with Crippen LogP contribution in [0, 0.1) is 19.7 Å². The van der Waals surface area contributed by atoms with Gasteiger partial charge < -0.3 is 11.1 Å². The maximum atomic E-state index is 13.2. The Morgan fingerprint density at radius 2 is 2.05 bits per heavy atom. The third kappa shape index (κ3) is 3.13. The van der Waals surface area contributed by atoms with Crippen LogP contribution in [0.2, 0.25) is 0 Å². The molecule has 0 fully saturated rings. The Bertz CT molecular complexity index is 688. The summed E-state index contributed by atoms with van der Waals surface area (Å²) >= 11 is 8.22. The maximum Gasteiger partial charge on any atom is 0.141 e. The summed E-state index contributed by atoms with van der Waals surface area (Å²) in [6.07, 6.45) is 0. The van der Waals surface area contributed by atoms with Gasteiger partial charge in [-0.2, -0.15) is 0 Å². The minimum atomic E-state index is -0.321. The molecule has 3 N–H and O–H groups in total. The van der Waals surface area contributed by atoms with Crippen LogP contribution >= 0.6 is 28.1 Å². The fourth-order valence-electron chi connectivity index (χ4n) is 1.95. The Morgan fingerprint density at radius 1 is 1.35 bits per heavy atom. The molecule has 2 aromatic rings. The molecule has 0 aliphatic carbocycles. The molecule has 3 nitrogen and oxygen atoms in total. The summed E-state index contributed by atoms with van der Waals surface area (Å²) in [5.41, 5.74) is 8.96. The predicted molar refractivity (Wildman–Crippen MR) is 87.0 cm³/mol. The highest BCUT2D eigenvalue weighted by atomic mass is 79.9. The standard InChI is InChI=1S/C14H13BrFN3S/c1-7-5-8(2)18-14(12(7)13(17)20)19-9-3-4-11(16)10(15)6-9/h3-6H,1-2H3,(H2,17,20)(H,18,19). The fourth-order valence-corrected chi connectivity index (χ4v) is 2.59. The van der Waals surface area contributed by atoms with E-state index in [1.54, 1.807) is 12.1 Å². The number of pyridine rings is 1. The van der Waals surface area contributed by atoms with Gasteiger partial charge in [-0.05, 0) is 59.6 Å². The van der Waals surface area contributed by atoms with Gasteiger partial charge >= 0.3 is 0 Å². The number of hydrogen-bond donors (Lipinski definition) is 2. The van der Waals surface area contributed by atoms with Crippen molar-refractivity contribution in [1.29, 1.82) is 0 Å². The van der Waals surface area contributed by atoms with Gasteiger partial charge in [-0.25, -0.2) is 9.37 Å². The number of benzene rings is 1. The molecule has 1 aromatic heterocycles. The number of nitrogens with one attached hydrogen (secondary N) is 1. The SMILES string of the molecule is Cc1cc(C)c(C(N)=S)c(Nc2ccc(F)c(Br)c2)n1. The Labute approximate surface area is 130 Å². The van der Waals surface area contributed by atoms with Crippen molar-refractivity contribution in [3.05, 3.63) is 51.4 Å². The quantitative estimate of drug-likeness (QED) is 0.819. The number of nitrogens with zero attached hydrogens (tertiary/aromatic N) is 1. The summed E-state index contributed by atoms with van der Waals surface area (Å²) < 4.78 is 13.6. The molecule has 0 radical (unpaired) electrons. The first-order valence-electron chi connectivity index (χ1n) is 5.88. The molecule has 0 unspecified atom stereocenters. The smallest absolute Gasteiger partial charge is 0.141 e. The number of rotatable bonds is 3. The summed E-state index contributed by atoms with van der Waals surface area (Å²) in [7, 11) is 0. The number of anilines is 2. The number of thiocarbonyl (C=S) groups is 1. The largest absolute Gasteiger partial charge is 0.389 e. The molecule has 2 rings (SSSR count). The molecule has 6 heteroatoms. The number of aryl methyl sites for hydroxylation is 2. The van der Waals surface area contributed by atoms with E-state index in [9.17, 15) is 4.39 Å². The van der Waals surface area contributed by atoms with Crippen molar-refractivity contribution in [3.63, 3.8) is 0 Å². The molecular weight excluding hydrogens is 341 g/mol. The minimum Gasteiger partial charge on any atom is -0.389 e. The van der Waals surface area contributed by atoms with Gasteiger partial charge in [0.2, 0.25) is 0 Å². The molecule has 20 heavy (non-hydrogen) atoms. The number of aromatic nitrogens is 1. The van der Waals surface area contributed by atoms with E-state index < -0.39 is 0 Å². The number of nitrogens with two attached hydrogens (primary N) is 1. The van der Waals surface area contributed by atoms with E-state index in [4.69, 9.17) is 18.0 Å². The molecule has 0 atom stereocenters. The van der Waals surface area contributed by atoms with E-state index in [-0.39, 0.29) is 10.8 Å². The second-order valence-electron chi connectivity index (χ2n) is 4.42. The average molecular weight is 354 g/mol. The van der Waals surface area contributed by atoms with Crippen molar-refractivity contribution >= 4 is 44.6 Å². The highest BCUT2D eigenvalue weighted by molar-refractivity contribution is 9.10. The van der Waals surface area contributed by atoms with Gasteiger partial charge in [-0.15, -0.1) is 0 Å². The van der Waals surface area contributed by atoms with Gasteiger partial charge in [0.15, 0.2) is 0 Å². The van der Waals surface area contributed by atoms with Gasteiger partial charge in [0, 0.05) is 11.4 Å². The van der Waals surface area contributed by atoms with Crippen molar-refractivity contribution in [2.45, 2.75) is 13.8 Å². The molecule has 0 spiro atoms. The van der Waals surface area contributed by atoms with Crippen molar-refractivity contribution < 1.29 is 4.39 Å². The fraction of sp³-hybridized carbons (Fsp3) is 0.143. The highest BCUT2D eigenvalue weighted by Gasteiger charge is 2.12. The molecule has 0 saturated heterocycles. The zero-order chi connectivity index (χ0) is 14.9. The minimum absolute atomic E-state index is 0.277. The van der Waals surface area contributed by atoms with Crippen molar-refractivity contribution in [2.24, 2.45) is 5.73 Å². The molecule has 0 aliphatic rings. The molecule has 104 valence electrons. The lowest BCUT2D eigenvalue weighted by molar-refractivity contribution is 0.621. The summed E-state index contributed by atoms with van der Waals surface area (Å²) in [6.45, 7) is 3.82. The molecule has 0 saturated carbocycles. The Balaban J connectivity index is 2.47. The lowest BCUT2D eigenvalue weighted by atomic mass is 10.1. The Hall–Kier alpha value is -1.53. The summed E-state index contributed by atoms with van der Waals surface area (Å²) in [6, 6.07) is 6.55. The van der Waals surface area contributed by atoms with Crippen molar-refractivity contribution in [3.8, 4) is 0 Å². The molecule has 0 amide bonds. The Morgan fingerprint density at radius 3 is 2.65 bits per heavy atom. The molecule has 1 heterocycles. The van der Waals surface area contributed by atoms with Gasteiger partial charge in [0.1, 0.15) is 16.6 Å². The third-order valence-corrected chi connectivity index (χ3v) is 3.59. The summed E-state index contributed by atoms with van der Waals surface area (Å²) in [4.78, 5) is 4.69. The van der Waals surface area contributed by atoms with Gasteiger partial charge in [-0.3, -0.25) is 0 Å². The van der Waals surface area contributed by atoms with Gasteiger partial charge in [0.05, 0.1) is 10.0 Å². The molecule has 0 bridgehead atoms. The third-order valence-electron chi connectivity index (χ3n) is 2.77. The second-order valence-corrected chi connectivity index (χ2v) is 5.72. The van der Waals surface area contributed by atoms with Crippen LogP contribution < -0.4 is 11.1 Å². The van der Waals surface area contributed by atoms with Crippen molar-refractivity contribution in [1.82, 2.24) is 4.98 Å². The Kier molecular flexibility index (Phi) is 4.35. The highest BCUT2D eigenvalue weighted by Crippen LogP contribution is 2.26. The zero-order valence-corrected chi connectivity index (χ0v) is 13.4. The summed E-state index contributed by atoms with van der Waals surface area (Å²) in [5, 5.41) is 3.13. The first-order valence-corrected chi connectivity index (χ1v) is 7.08. The van der Waals surface area contributed by atoms with Crippen LogP contribution in [-0.2, 0) is 0 Å². The first kappa shape index (κ1) is 14.9. The first-order chi connectivity index (χ1) is 9.38. The van der Waals surface area contributed by atoms with Crippen LogP contribution in [0.25, 0.3) is 0 Å². The topological polar surface area (TPSA) is 50.9 Å². The van der Waals surface area contributed by atoms with Crippen LogP contribution in [0.1, 0.15) is 16.8 Å². The monoisotopic (exact) mass is 353 g/mol. The van der Waals surface area contributed by atoms with Crippen molar-refractivity contribution in [2.75, 3.05) is 5.32 Å². The molecule has 0 aliphatic heterocycles. The molecule has 1 aromatic carbocycles. The van der Waals surface area contributed by atoms with Gasteiger partial charge in [0.25, 0.3) is 0 Å². The van der Waals surface area contributed by atoms with Crippen LogP contribution in [0.15, 0.2) is 28.7 Å². The summed E-state index contributed by atoms with van der Waals surface area (Å²) in [5.74, 6) is 0.256. The number of hydrogen-bond acceptors (Lipinski definition) is 3. The van der Waals surface area contributed by atoms with Crippen LogP contribution in [-0.4, -0.2) is 9.97 Å². The zero-order valence-electron chi connectivity index (χ0n) is 11.0. The van der Waals surface area contributed by atoms with Crippen LogP contribution in [0.3, 0.4) is 0 Å². The van der Waals surface area contributed by atoms with Crippen LogP contribution in [0.5, 0.6) is 0 Å². The van der Waals surface area contributed by atoms with E-state index in [0.717, 1.165) is 11.3 Å². The van der Waals surface area contributed by atoms with Crippen LogP contribution in [0.4, 0.5) is 15.9 Å². The maximum absolute atomic E-state index is 13.2.